The average molecular weight is 276 g/mol. The van der Waals surface area contributed by atoms with Crippen molar-refractivity contribution < 1.29 is 19.1 Å². The zero-order chi connectivity index (χ0) is 14.2. The smallest absolute Gasteiger partial charge is 0.287 e. The summed E-state index contributed by atoms with van der Waals surface area (Å²) in [6, 6.07) is 6.82. The average Bonchev–Trinajstić information content (AvgIpc) is 3.02. The lowest BCUT2D eigenvalue weighted by atomic mass is 10.0. The van der Waals surface area contributed by atoms with E-state index in [1.54, 1.807) is 24.3 Å². The number of nitrogens with one attached hydrogen (secondary N) is 1. The first-order valence-corrected chi connectivity index (χ1v) is 6.43. The number of anilines is 1. The molecule has 1 atom stereocenters. The van der Waals surface area contributed by atoms with Gasteiger partial charge in [0.2, 0.25) is 0 Å². The van der Waals surface area contributed by atoms with Crippen LogP contribution < -0.4 is 11.1 Å². The summed E-state index contributed by atoms with van der Waals surface area (Å²) in [6.07, 6.45) is 0.518. The van der Waals surface area contributed by atoms with Crippen LogP contribution in [0.3, 0.4) is 0 Å². The van der Waals surface area contributed by atoms with E-state index in [-0.39, 0.29) is 24.8 Å². The van der Waals surface area contributed by atoms with Crippen LogP contribution >= 0.6 is 0 Å². The minimum Gasteiger partial charge on any atom is -0.451 e. The maximum atomic E-state index is 12.0. The van der Waals surface area contributed by atoms with Crippen molar-refractivity contribution in [2.75, 3.05) is 25.5 Å². The van der Waals surface area contributed by atoms with Crippen molar-refractivity contribution >= 4 is 22.6 Å². The Morgan fingerprint density at radius 3 is 3.05 bits per heavy atom. The zero-order valence-corrected chi connectivity index (χ0v) is 10.9. The molecule has 1 fully saturated rings. The van der Waals surface area contributed by atoms with Gasteiger partial charge in [-0.25, -0.2) is 0 Å². The quantitative estimate of drug-likeness (QED) is 0.723. The molecule has 1 saturated heterocycles. The summed E-state index contributed by atoms with van der Waals surface area (Å²) in [5, 5.41) is 13.5. The fourth-order valence-electron chi connectivity index (χ4n) is 2.24. The van der Waals surface area contributed by atoms with E-state index in [1.165, 1.54) is 0 Å². The molecule has 0 spiro atoms. The summed E-state index contributed by atoms with van der Waals surface area (Å²) >= 11 is 0. The summed E-state index contributed by atoms with van der Waals surface area (Å²) in [6.45, 7) is 0.894. The second-order valence-electron chi connectivity index (χ2n) is 5.12. The monoisotopic (exact) mass is 276 g/mol. The van der Waals surface area contributed by atoms with Crippen molar-refractivity contribution in [1.82, 2.24) is 5.32 Å². The van der Waals surface area contributed by atoms with Gasteiger partial charge in [0.25, 0.3) is 5.91 Å². The lowest BCUT2D eigenvalue weighted by Crippen LogP contribution is -2.43. The van der Waals surface area contributed by atoms with Gasteiger partial charge in [-0.3, -0.25) is 4.79 Å². The van der Waals surface area contributed by atoms with Gasteiger partial charge in [0.1, 0.15) is 11.2 Å². The Bertz CT molecular complexity index is 644. The van der Waals surface area contributed by atoms with Crippen LogP contribution in [0.2, 0.25) is 0 Å². The van der Waals surface area contributed by atoms with Crippen LogP contribution in [0.25, 0.3) is 11.0 Å². The van der Waals surface area contributed by atoms with Crippen LogP contribution in [0.15, 0.2) is 28.7 Å². The number of aliphatic hydroxyl groups is 1. The molecule has 20 heavy (non-hydrogen) atoms. The maximum Gasteiger partial charge on any atom is 0.287 e. The van der Waals surface area contributed by atoms with Gasteiger partial charge < -0.3 is 25.3 Å². The van der Waals surface area contributed by atoms with Gasteiger partial charge >= 0.3 is 0 Å². The fraction of sp³-hybridized carbons (Fsp3) is 0.357. The van der Waals surface area contributed by atoms with Crippen molar-refractivity contribution in [3.8, 4) is 0 Å². The molecular weight excluding hydrogens is 260 g/mol. The highest BCUT2D eigenvalue weighted by molar-refractivity contribution is 5.96. The normalized spacial score (nSPS) is 22.2. The zero-order valence-electron chi connectivity index (χ0n) is 10.9. The predicted molar refractivity (Wildman–Crippen MR) is 73.3 cm³/mol. The van der Waals surface area contributed by atoms with E-state index in [9.17, 15) is 9.90 Å². The summed E-state index contributed by atoms with van der Waals surface area (Å²) in [4.78, 5) is 12.0. The first kappa shape index (κ1) is 13.0. The number of hydrogen-bond donors (Lipinski definition) is 3. The molecule has 6 heteroatoms. The number of nitrogens with two attached hydrogens (primary N) is 1. The van der Waals surface area contributed by atoms with E-state index in [1.807, 2.05) is 0 Å². The van der Waals surface area contributed by atoms with Crippen molar-refractivity contribution in [2.24, 2.45) is 0 Å². The molecule has 2 heterocycles. The summed E-state index contributed by atoms with van der Waals surface area (Å²) in [5.41, 5.74) is 5.92. The largest absolute Gasteiger partial charge is 0.451 e. The molecule has 1 aromatic heterocycles. The van der Waals surface area contributed by atoms with Gasteiger partial charge in [-0.1, -0.05) is 0 Å². The molecule has 1 aliphatic heterocycles. The van der Waals surface area contributed by atoms with Gasteiger partial charge in [-0.05, 0) is 24.3 Å². The molecule has 1 amide bonds. The number of ether oxygens (including phenoxy) is 1. The first-order valence-electron chi connectivity index (χ1n) is 6.43. The highest BCUT2D eigenvalue weighted by Gasteiger charge is 2.32. The SMILES string of the molecule is Nc1ccc2oc(C(=O)NCC3(O)CCOC3)cc2c1. The standard InChI is InChI=1S/C14H16N2O4/c15-10-1-2-11-9(5-10)6-12(20-11)13(17)16-7-14(18)3-4-19-8-14/h1-2,5-6,18H,3-4,7-8,15H2,(H,16,17). The van der Waals surface area contributed by atoms with E-state index in [0.717, 1.165) is 5.39 Å². The number of amides is 1. The molecule has 0 bridgehead atoms. The van der Waals surface area contributed by atoms with Crippen LogP contribution in [0, 0.1) is 0 Å². The Morgan fingerprint density at radius 2 is 2.30 bits per heavy atom. The third kappa shape index (κ3) is 2.48. The Kier molecular flexibility index (Phi) is 3.11. The molecule has 2 aromatic rings. The van der Waals surface area contributed by atoms with E-state index in [4.69, 9.17) is 14.9 Å². The number of carbonyl (C=O) groups excluding carboxylic acids is 1. The Morgan fingerprint density at radius 1 is 1.45 bits per heavy atom. The van der Waals surface area contributed by atoms with Crippen LogP contribution in [0.1, 0.15) is 17.0 Å². The number of furan rings is 1. The molecule has 0 aliphatic carbocycles. The number of rotatable bonds is 3. The van der Waals surface area contributed by atoms with Gasteiger partial charge in [-0.15, -0.1) is 0 Å². The van der Waals surface area contributed by atoms with Crippen LogP contribution in [-0.4, -0.2) is 36.4 Å². The van der Waals surface area contributed by atoms with Crippen molar-refractivity contribution in [1.29, 1.82) is 0 Å². The van der Waals surface area contributed by atoms with Crippen LogP contribution in [-0.2, 0) is 4.74 Å². The Labute approximate surface area is 115 Å². The fourth-order valence-corrected chi connectivity index (χ4v) is 2.24. The van der Waals surface area contributed by atoms with Crippen LogP contribution in [0.5, 0.6) is 0 Å². The molecule has 0 radical (unpaired) electrons. The molecule has 1 unspecified atom stereocenters. The van der Waals surface area contributed by atoms with E-state index >= 15 is 0 Å². The second-order valence-corrected chi connectivity index (χ2v) is 5.12. The minimum absolute atomic E-state index is 0.144. The third-order valence-corrected chi connectivity index (χ3v) is 3.42. The van der Waals surface area contributed by atoms with Gasteiger partial charge in [-0.2, -0.15) is 0 Å². The van der Waals surface area contributed by atoms with Gasteiger partial charge in [0.15, 0.2) is 5.76 Å². The molecule has 0 saturated carbocycles. The third-order valence-electron chi connectivity index (χ3n) is 3.42. The molecular formula is C14H16N2O4. The summed E-state index contributed by atoms with van der Waals surface area (Å²) in [5.74, 6) is -0.159. The molecule has 106 valence electrons. The number of hydrogen-bond acceptors (Lipinski definition) is 5. The minimum atomic E-state index is -0.980. The van der Waals surface area contributed by atoms with E-state index in [0.29, 0.717) is 24.3 Å². The Balaban J connectivity index is 1.72. The lowest BCUT2D eigenvalue weighted by Gasteiger charge is -2.20. The summed E-state index contributed by atoms with van der Waals surface area (Å²) in [7, 11) is 0. The highest BCUT2D eigenvalue weighted by atomic mass is 16.5. The van der Waals surface area contributed by atoms with E-state index in [2.05, 4.69) is 5.32 Å². The second kappa shape index (κ2) is 4.81. The number of nitrogen functional groups attached to an aromatic ring is 1. The molecule has 1 aliphatic rings. The number of benzene rings is 1. The van der Waals surface area contributed by atoms with Crippen molar-refractivity contribution in [2.45, 2.75) is 12.0 Å². The van der Waals surface area contributed by atoms with E-state index < -0.39 is 5.60 Å². The first-order chi connectivity index (χ1) is 9.56. The molecule has 1 aromatic carbocycles. The molecule has 4 N–H and O–H groups in total. The van der Waals surface area contributed by atoms with Crippen LogP contribution in [0.4, 0.5) is 5.69 Å². The Hall–Kier alpha value is -2.05. The predicted octanol–water partition coefficient (Wildman–Crippen LogP) is 0.896. The highest BCUT2D eigenvalue weighted by Crippen LogP contribution is 2.22. The molecule has 3 rings (SSSR count). The number of carbonyl (C=O) groups is 1. The van der Waals surface area contributed by atoms with Crippen molar-refractivity contribution in [3.05, 3.63) is 30.0 Å². The van der Waals surface area contributed by atoms with Crippen molar-refractivity contribution in [3.63, 3.8) is 0 Å². The topological polar surface area (TPSA) is 97.7 Å². The lowest BCUT2D eigenvalue weighted by molar-refractivity contribution is 0.0261. The maximum absolute atomic E-state index is 12.0. The van der Waals surface area contributed by atoms with Gasteiger partial charge in [0, 0.05) is 30.6 Å². The summed E-state index contributed by atoms with van der Waals surface area (Å²) < 4.78 is 10.6. The number of fused-ring (bicyclic) bond motifs is 1. The van der Waals surface area contributed by atoms with Gasteiger partial charge in [0.05, 0.1) is 6.61 Å². The molecule has 6 nitrogen and oxygen atoms in total.